The topological polar surface area (TPSA) is 95.6 Å². The molecule has 1 atom stereocenters. The largest absolute Gasteiger partial charge is 0.350 e. The molecule has 10 heteroatoms. The fraction of sp³-hybridized carbons (Fsp3) is 0.212. The van der Waals surface area contributed by atoms with E-state index in [9.17, 15) is 18.0 Å². The first-order chi connectivity index (χ1) is 20.7. The molecule has 0 radical (unpaired) electrons. The van der Waals surface area contributed by atoms with Gasteiger partial charge in [0.1, 0.15) is 6.04 Å². The molecular formula is C33H33Cl2N3O4S. The first-order valence-electron chi connectivity index (χ1n) is 13.9. The molecular weight excluding hydrogens is 605 g/mol. The number of carbonyl (C=O) groups is 2. The van der Waals surface area contributed by atoms with E-state index < -0.39 is 16.1 Å². The molecule has 7 nitrogen and oxygen atoms in total. The summed E-state index contributed by atoms with van der Waals surface area (Å²) in [7, 11) is -3.57. The molecule has 0 heterocycles. The average molecular weight is 639 g/mol. The van der Waals surface area contributed by atoms with Gasteiger partial charge in [0.2, 0.25) is 21.8 Å². The third kappa shape index (κ3) is 9.15. The number of hydrogen-bond acceptors (Lipinski definition) is 4. The lowest BCUT2D eigenvalue weighted by atomic mass is 10.0. The fourth-order valence-corrected chi connectivity index (χ4v) is 5.90. The van der Waals surface area contributed by atoms with E-state index in [2.05, 4.69) is 10.0 Å². The molecule has 0 saturated heterocycles. The molecule has 0 aliphatic carbocycles. The van der Waals surface area contributed by atoms with Crippen LogP contribution in [0.1, 0.15) is 41.6 Å². The first-order valence-corrected chi connectivity index (χ1v) is 16.1. The smallest absolute Gasteiger partial charge is 0.247 e. The van der Waals surface area contributed by atoms with E-state index in [0.29, 0.717) is 22.0 Å². The number of aryl methyl sites for hydroxylation is 1. The maximum absolute atomic E-state index is 13.9. The number of benzene rings is 4. The van der Waals surface area contributed by atoms with E-state index in [1.165, 1.54) is 12.1 Å². The summed E-state index contributed by atoms with van der Waals surface area (Å²) in [6.07, 6.45) is 0.478. The Bertz CT molecular complexity index is 1610. The van der Waals surface area contributed by atoms with Crippen LogP contribution in [0.4, 0.5) is 0 Å². The molecule has 0 aromatic heterocycles. The van der Waals surface area contributed by atoms with E-state index in [-0.39, 0.29) is 42.8 Å². The summed E-state index contributed by atoms with van der Waals surface area (Å²) in [4.78, 5) is 29.5. The van der Waals surface area contributed by atoms with Gasteiger partial charge in [-0.05, 0) is 65.1 Å². The van der Waals surface area contributed by atoms with Crippen molar-refractivity contribution < 1.29 is 18.0 Å². The lowest BCUT2D eigenvalue weighted by molar-refractivity contribution is -0.141. The van der Waals surface area contributed by atoms with Gasteiger partial charge in [0.05, 0.1) is 4.90 Å². The molecule has 0 saturated carbocycles. The van der Waals surface area contributed by atoms with Gasteiger partial charge >= 0.3 is 0 Å². The van der Waals surface area contributed by atoms with Crippen LogP contribution in [0.5, 0.6) is 0 Å². The third-order valence-electron chi connectivity index (χ3n) is 6.84. The summed E-state index contributed by atoms with van der Waals surface area (Å²) < 4.78 is 27.1. The van der Waals surface area contributed by atoms with Gasteiger partial charge in [-0.3, -0.25) is 9.59 Å². The van der Waals surface area contributed by atoms with Crippen LogP contribution in [0.15, 0.2) is 108 Å². The second kappa shape index (κ2) is 15.2. The Morgan fingerprint density at radius 1 is 0.767 bits per heavy atom. The van der Waals surface area contributed by atoms with Crippen LogP contribution in [0.3, 0.4) is 0 Å². The average Bonchev–Trinajstić information content (AvgIpc) is 3.01. The number of nitrogens with one attached hydrogen (secondary N) is 2. The van der Waals surface area contributed by atoms with Crippen LogP contribution in [0, 0.1) is 0 Å². The van der Waals surface area contributed by atoms with Crippen LogP contribution in [-0.4, -0.2) is 31.7 Å². The molecule has 0 fully saturated rings. The molecule has 0 aliphatic rings. The van der Waals surface area contributed by atoms with Crippen molar-refractivity contribution >= 4 is 45.0 Å². The highest BCUT2D eigenvalue weighted by Gasteiger charge is 2.31. The summed E-state index contributed by atoms with van der Waals surface area (Å²) in [6.45, 7) is 2.46. The summed E-state index contributed by atoms with van der Waals surface area (Å²) in [6, 6.07) is 29.1. The normalized spacial score (nSPS) is 12.0. The van der Waals surface area contributed by atoms with Crippen molar-refractivity contribution in [3.05, 3.63) is 135 Å². The SMILES string of the molecule is CCNS(=O)(=O)c1ccc(CCC(=O)N(Cc2ccc(Cl)cc2)C(C(=O)NCc2ccc(Cl)cc2)c2ccccc2)cc1. The molecule has 4 aromatic rings. The van der Waals surface area contributed by atoms with Gasteiger partial charge in [-0.25, -0.2) is 13.1 Å². The number of sulfonamides is 1. The molecule has 1 unspecified atom stereocenters. The van der Waals surface area contributed by atoms with Crippen molar-refractivity contribution in [2.75, 3.05) is 6.54 Å². The second-order valence-corrected chi connectivity index (χ2v) is 12.6. The minimum Gasteiger partial charge on any atom is -0.350 e. The number of halogens is 2. The number of hydrogen-bond donors (Lipinski definition) is 2. The summed E-state index contributed by atoms with van der Waals surface area (Å²) in [5.41, 5.74) is 3.18. The number of nitrogens with zero attached hydrogens (tertiary/aromatic N) is 1. The van der Waals surface area contributed by atoms with Crippen LogP contribution in [0.25, 0.3) is 0 Å². The molecule has 224 valence electrons. The van der Waals surface area contributed by atoms with Gasteiger partial charge in [0.15, 0.2) is 0 Å². The van der Waals surface area contributed by atoms with E-state index in [1.807, 2.05) is 54.6 Å². The van der Waals surface area contributed by atoms with Gasteiger partial charge in [0, 0.05) is 36.1 Å². The van der Waals surface area contributed by atoms with Gasteiger partial charge in [-0.1, -0.05) is 96.9 Å². The van der Waals surface area contributed by atoms with Gasteiger partial charge in [-0.2, -0.15) is 0 Å². The predicted octanol–water partition coefficient (Wildman–Crippen LogP) is 6.31. The Morgan fingerprint density at radius 2 is 1.33 bits per heavy atom. The van der Waals surface area contributed by atoms with Crippen LogP contribution >= 0.6 is 23.2 Å². The van der Waals surface area contributed by atoms with Crippen molar-refractivity contribution in [1.29, 1.82) is 0 Å². The number of rotatable bonds is 13. The quantitative estimate of drug-likeness (QED) is 0.180. The van der Waals surface area contributed by atoms with E-state index >= 15 is 0 Å². The lowest BCUT2D eigenvalue weighted by Crippen LogP contribution is -2.43. The minimum atomic E-state index is -3.57. The van der Waals surface area contributed by atoms with E-state index in [4.69, 9.17) is 23.2 Å². The molecule has 0 spiro atoms. The van der Waals surface area contributed by atoms with Crippen molar-refractivity contribution in [3.8, 4) is 0 Å². The highest BCUT2D eigenvalue weighted by atomic mass is 35.5. The Morgan fingerprint density at radius 3 is 1.91 bits per heavy atom. The number of amides is 2. The Balaban J connectivity index is 1.59. The van der Waals surface area contributed by atoms with Crippen LogP contribution < -0.4 is 10.0 Å². The third-order valence-corrected chi connectivity index (χ3v) is 8.90. The maximum Gasteiger partial charge on any atom is 0.247 e. The monoisotopic (exact) mass is 637 g/mol. The summed E-state index contributed by atoms with van der Waals surface area (Å²) in [5.74, 6) is -0.545. The highest BCUT2D eigenvalue weighted by molar-refractivity contribution is 7.89. The molecule has 0 aliphatic heterocycles. The Kier molecular flexibility index (Phi) is 11.4. The fourth-order valence-electron chi connectivity index (χ4n) is 4.61. The Hall–Kier alpha value is -3.69. The summed E-state index contributed by atoms with van der Waals surface area (Å²) >= 11 is 12.1. The predicted molar refractivity (Wildman–Crippen MR) is 170 cm³/mol. The Labute approximate surface area is 262 Å². The molecule has 2 N–H and O–H groups in total. The molecule has 2 amide bonds. The molecule has 43 heavy (non-hydrogen) atoms. The zero-order chi connectivity index (χ0) is 30.8. The van der Waals surface area contributed by atoms with Crippen molar-refractivity contribution in [1.82, 2.24) is 14.9 Å². The van der Waals surface area contributed by atoms with Crippen molar-refractivity contribution in [2.24, 2.45) is 0 Å². The second-order valence-electron chi connectivity index (χ2n) is 9.95. The zero-order valence-corrected chi connectivity index (χ0v) is 26.0. The lowest BCUT2D eigenvalue weighted by Gasteiger charge is -2.32. The standard InChI is InChI=1S/C33H33Cl2N3O4S/c1-2-37-43(41,42)30-19-12-24(13-20-30)14-21-31(39)38(23-26-10-17-29(35)18-11-26)32(27-6-4-3-5-7-27)33(40)36-22-25-8-15-28(34)16-9-25/h3-13,15-20,32,37H,2,14,21-23H2,1H3,(H,36,40). The van der Waals surface area contributed by atoms with Crippen LogP contribution in [0.2, 0.25) is 10.0 Å². The maximum atomic E-state index is 13.9. The van der Waals surface area contributed by atoms with Crippen LogP contribution in [-0.2, 0) is 39.1 Å². The van der Waals surface area contributed by atoms with Crippen molar-refractivity contribution in [2.45, 2.75) is 43.8 Å². The van der Waals surface area contributed by atoms with Gasteiger partial charge < -0.3 is 10.2 Å². The number of carbonyl (C=O) groups excluding carboxylic acids is 2. The minimum absolute atomic E-state index is 0.112. The summed E-state index contributed by atoms with van der Waals surface area (Å²) in [5, 5.41) is 4.17. The molecule has 4 aromatic carbocycles. The van der Waals surface area contributed by atoms with Gasteiger partial charge in [-0.15, -0.1) is 0 Å². The molecule has 0 bridgehead atoms. The molecule has 4 rings (SSSR count). The van der Waals surface area contributed by atoms with E-state index in [1.54, 1.807) is 48.2 Å². The zero-order valence-electron chi connectivity index (χ0n) is 23.7. The highest BCUT2D eigenvalue weighted by Crippen LogP contribution is 2.26. The van der Waals surface area contributed by atoms with Crippen molar-refractivity contribution in [3.63, 3.8) is 0 Å². The van der Waals surface area contributed by atoms with Gasteiger partial charge in [0.25, 0.3) is 0 Å². The van der Waals surface area contributed by atoms with E-state index in [0.717, 1.165) is 16.7 Å². The first kappa shape index (κ1) is 32.2.